The summed E-state index contributed by atoms with van der Waals surface area (Å²) in [6.07, 6.45) is -12.1. The highest BCUT2D eigenvalue weighted by atomic mass is 35.5. The monoisotopic (exact) mass is 338 g/mol. The van der Waals surface area contributed by atoms with Gasteiger partial charge in [0.2, 0.25) is 0 Å². The van der Waals surface area contributed by atoms with Gasteiger partial charge in [-0.25, -0.2) is 4.39 Å². The van der Waals surface area contributed by atoms with E-state index in [0.29, 0.717) is 0 Å². The minimum absolute atomic E-state index is 0.279. The number of alkyl halides is 6. The van der Waals surface area contributed by atoms with E-state index in [4.69, 9.17) is 17.4 Å². The van der Waals surface area contributed by atoms with Gasteiger partial charge in [0.15, 0.2) is 5.92 Å². The smallest absolute Gasteiger partial charge is 0.271 e. The molecular formula is C11H10ClF7N2. The van der Waals surface area contributed by atoms with Gasteiger partial charge in [0.05, 0.1) is 0 Å². The van der Waals surface area contributed by atoms with E-state index < -0.39 is 42.1 Å². The van der Waals surface area contributed by atoms with E-state index in [2.05, 4.69) is 0 Å². The molecule has 1 unspecified atom stereocenters. The molecule has 0 saturated heterocycles. The largest absolute Gasteiger partial charge is 0.402 e. The maximum Gasteiger partial charge on any atom is 0.402 e. The Morgan fingerprint density at radius 2 is 1.62 bits per heavy atom. The molecule has 1 aromatic carbocycles. The predicted octanol–water partition coefficient (Wildman–Crippen LogP) is 3.59. The zero-order valence-corrected chi connectivity index (χ0v) is 11.0. The van der Waals surface area contributed by atoms with Crippen molar-refractivity contribution in [3.63, 3.8) is 0 Å². The number of benzene rings is 1. The Morgan fingerprint density at radius 1 is 1.10 bits per heavy atom. The number of hydrazine groups is 1. The second-order valence-corrected chi connectivity index (χ2v) is 4.65. The number of hydrogen-bond donors (Lipinski definition) is 2. The van der Waals surface area contributed by atoms with Crippen LogP contribution in [0, 0.1) is 11.7 Å². The van der Waals surface area contributed by atoms with Crippen LogP contribution in [0.1, 0.15) is 5.56 Å². The molecule has 0 aromatic heterocycles. The molecule has 10 heteroatoms. The van der Waals surface area contributed by atoms with E-state index in [1.54, 1.807) is 0 Å². The highest BCUT2D eigenvalue weighted by molar-refractivity contribution is 6.31. The molecule has 0 saturated carbocycles. The second-order valence-electron chi connectivity index (χ2n) is 4.24. The molecule has 0 aliphatic carbocycles. The first-order valence-corrected chi connectivity index (χ1v) is 5.88. The summed E-state index contributed by atoms with van der Waals surface area (Å²) in [6.45, 7) is 0. The summed E-state index contributed by atoms with van der Waals surface area (Å²) >= 11 is 5.59. The number of halogens is 8. The van der Waals surface area contributed by atoms with E-state index in [-0.39, 0.29) is 5.02 Å². The van der Waals surface area contributed by atoms with Crippen LogP contribution in [0.4, 0.5) is 30.7 Å². The summed E-state index contributed by atoms with van der Waals surface area (Å²) in [5.41, 5.74) is 0.981. The van der Waals surface area contributed by atoms with Crippen molar-refractivity contribution in [2.24, 2.45) is 11.8 Å². The van der Waals surface area contributed by atoms with Crippen molar-refractivity contribution in [3.05, 3.63) is 34.6 Å². The van der Waals surface area contributed by atoms with Gasteiger partial charge in [-0.2, -0.15) is 26.3 Å². The molecule has 0 aliphatic rings. The van der Waals surface area contributed by atoms with Gasteiger partial charge in [-0.3, -0.25) is 11.3 Å². The minimum atomic E-state index is -5.59. The molecule has 1 atom stereocenters. The SMILES string of the molecule is NNC(Cc1c(F)cccc1Cl)C(C(F)(F)F)C(F)(F)F. The van der Waals surface area contributed by atoms with Crippen molar-refractivity contribution in [3.8, 4) is 0 Å². The van der Waals surface area contributed by atoms with Crippen molar-refractivity contribution < 1.29 is 30.7 Å². The summed E-state index contributed by atoms with van der Waals surface area (Å²) in [6, 6.07) is 0.908. The normalized spacial score (nSPS) is 14.6. The third-order valence-corrected chi connectivity index (χ3v) is 3.16. The molecule has 0 bridgehead atoms. The maximum absolute atomic E-state index is 13.5. The van der Waals surface area contributed by atoms with Crippen molar-refractivity contribution in [2.45, 2.75) is 24.8 Å². The zero-order chi connectivity index (χ0) is 16.4. The average Bonchev–Trinajstić information content (AvgIpc) is 2.28. The van der Waals surface area contributed by atoms with Crippen LogP contribution in [0.25, 0.3) is 0 Å². The quantitative estimate of drug-likeness (QED) is 0.500. The van der Waals surface area contributed by atoms with Gasteiger partial charge in [0.25, 0.3) is 0 Å². The summed E-state index contributed by atoms with van der Waals surface area (Å²) in [5, 5.41) is -0.279. The third-order valence-electron chi connectivity index (χ3n) is 2.81. The van der Waals surface area contributed by atoms with Gasteiger partial charge in [-0.1, -0.05) is 17.7 Å². The molecule has 1 aromatic rings. The van der Waals surface area contributed by atoms with Crippen LogP contribution in [0.3, 0.4) is 0 Å². The maximum atomic E-state index is 13.5. The number of rotatable bonds is 4. The first-order chi connectivity index (χ1) is 9.48. The summed E-state index contributed by atoms with van der Waals surface area (Å²) in [4.78, 5) is 0. The zero-order valence-electron chi connectivity index (χ0n) is 10.2. The lowest BCUT2D eigenvalue weighted by atomic mass is 9.92. The topological polar surface area (TPSA) is 38.0 Å². The Morgan fingerprint density at radius 3 is 2.00 bits per heavy atom. The van der Waals surface area contributed by atoms with Crippen LogP contribution in [0.2, 0.25) is 5.02 Å². The Bertz CT molecular complexity index is 452. The van der Waals surface area contributed by atoms with E-state index in [1.807, 2.05) is 0 Å². The van der Waals surface area contributed by atoms with Crippen LogP contribution in [0.5, 0.6) is 0 Å². The highest BCUT2D eigenvalue weighted by Crippen LogP contribution is 2.42. The third kappa shape index (κ3) is 4.45. The van der Waals surface area contributed by atoms with E-state index in [0.717, 1.165) is 12.1 Å². The van der Waals surface area contributed by atoms with Crippen LogP contribution < -0.4 is 11.3 Å². The Hall–Kier alpha value is -1.06. The number of hydrogen-bond acceptors (Lipinski definition) is 2. The lowest BCUT2D eigenvalue weighted by Crippen LogP contribution is -2.54. The molecule has 0 fully saturated rings. The second kappa shape index (κ2) is 6.37. The van der Waals surface area contributed by atoms with Crippen molar-refractivity contribution >= 4 is 11.6 Å². The van der Waals surface area contributed by atoms with Gasteiger partial charge < -0.3 is 0 Å². The molecule has 0 amide bonds. The summed E-state index contributed by atoms with van der Waals surface area (Å²) < 4.78 is 89.2. The fourth-order valence-corrected chi connectivity index (χ4v) is 2.10. The van der Waals surface area contributed by atoms with Crippen LogP contribution in [0.15, 0.2) is 18.2 Å². The molecule has 0 heterocycles. The summed E-state index contributed by atoms with van der Waals surface area (Å²) in [7, 11) is 0. The molecule has 2 nitrogen and oxygen atoms in total. The standard InChI is InChI=1S/C11H10ClF7N2/c12-6-2-1-3-7(13)5(6)4-8(21-20)9(10(14,15)16)11(17,18)19/h1-3,8-9,21H,4,20H2. The van der Waals surface area contributed by atoms with Crippen LogP contribution >= 0.6 is 11.6 Å². The van der Waals surface area contributed by atoms with E-state index in [9.17, 15) is 30.7 Å². The van der Waals surface area contributed by atoms with E-state index in [1.165, 1.54) is 11.5 Å². The van der Waals surface area contributed by atoms with Gasteiger partial charge in [0.1, 0.15) is 5.82 Å². The Labute approximate surface area is 120 Å². The van der Waals surface area contributed by atoms with Crippen molar-refractivity contribution in [1.82, 2.24) is 5.43 Å². The van der Waals surface area contributed by atoms with Gasteiger partial charge in [0, 0.05) is 16.6 Å². The molecule has 3 N–H and O–H groups in total. The lowest BCUT2D eigenvalue weighted by Gasteiger charge is -2.30. The number of nitrogens with two attached hydrogens (primary N) is 1. The molecule has 120 valence electrons. The molecule has 1 rings (SSSR count). The fraction of sp³-hybridized carbons (Fsp3) is 0.455. The molecule has 21 heavy (non-hydrogen) atoms. The van der Waals surface area contributed by atoms with Crippen LogP contribution in [-0.2, 0) is 6.42 Å². The molecule has 0 radical (unpaired) electrons. The first kappa shape index (κ1) is 18.0. The highest BCUT2D eigenvalue weighted by Gasteiger charge is 2.60. The average molecular weight is 339 g/mol. The Balaban J connectivity index is 3.17. The van der Waals surface area contributed by atoms with Gasteiger partial charge in [-0.05, 0) is 18.6 Å². The van der Waals surface area contributed by atoms with Crippen molar-refractivity contribution in [2.75, 3.05) is 0 Å². The summed E-state index contributed by atoms with van der Waals surface area (Å²) in [5.74, 6) is 0.0463. The molecule has 0 spiro atoms. The molecule has 0 aliphatic heterocycles. The lowest BCUT2D eigenvalue weighted by molar-refractivity contribution is -0.291. The minimum Gasteiger partial charge on any atom is -0.271 e. The van der Waals surface area contributed by atoms with E-state index >= 15 is 0 Å². The van der Waals surface area contributed by atoms with Gasteiger partial charge in [-0.15, -0.1) is 0 Å². The first-order valence-electron chi connectivity index (χ1n) is 5.51. The fourth-order valence-electron chi connectivity index (χ4n) is 1.86. The van der Waals surface area contributed by atoms with Crippen molar-refractivity contribution in [1.29, 1.82) is 0 Å². The predicted molar refractivity (Wildman–Crippen MR) is 61.8 cm³/mol. The Kier molecular flexibility index (Phi) is 5.46. The number of nitrogens with one attached hydrogen (secondary N) is 1. The van der Waals surface area contributed by atoms with Gasteiger partial charge >= 0.3 is 12.4 Å². The van der Waals surface area contributed by atoms with Crippen LogP contribution in [-0.4, -0.2) is 18.4 Å². The molecular weight excluding hydrogens is 329 g/mol.